The average molecular weight is 293 g/mol. The van der Waals surface area contributed by atoms with Crippen LogP contribution in [0.5, 0.6) is 11.5 Å². The van der Waals surface area contributed by atoms with E-state index in [9.17, 15) is 0 Å². The van der Waals surface area contributed by atoms with Crippen molar-refractivity contribution in [3.63, 3.8) is 0 Å². The molecule has 2 N–H and O–H groups in total. The fraction of sp³-hybridized carbons (Fsp3) is 0. The summed E-state index contributed by atoms with van der Waals surface area (Å²) in [6.07, 6.45) is 1.77. The largest absolute Gasteiger partial charge is 0.455 e. The zero-order valence-electron chi connectivity index (χ0n) is 11.0. The Bertz CT molecular complexity index is 948. The van der Waals surface area contributed by atoms with E-state index in [0.29, 0.717) is 17.2 Å². The Balaban J connectivity index is 1.76. The number of thiazole rings is 1. The summed E-state index contributed by atoms with van der Waals surface area (Å²) in [6.45, 7) is 0. The van der Waals surface area contributed by atoms with Gasteiger partial charge in [0, 0.05) is 17.6 Å². The standard InChI is InChI=1S/C16H11N3OS/c17-15-13(5-6-14-16(15)19-9-21-14)20-11-4-3-10-2-1-7-18-12(10)8-11/h1-9H,17H2. The third kappa shape index (κ3) is 2.08. The predicted octanol–water partition coefficient (Wildman–Crippen LogP) is 4.22. The van der Waals surface area contributed by atoms with Gasteiger partial charge in [-0.05, 0) is 30.3 Å². The molecule has 0 amide bonds. The van der Waals surface area contributed by atoms with E-state index < -0.39 is 0 Å². The molecule has 5 heteroatoms. The Morgan fingerprint density at radius 3 is 2.95 bits per heavy atom. The number of rotatable bonds is 2. The van der Waals surface area contributed by atoms with Crippen molar-refractivity contribution in [1.82, 2.24) is 9.97 Å². The van der Waals surface area contributed by atoms with E-state index in [1.165, 1.54) is 0 Å². The first-order valence-corrected chi connectivity index (χ1v) is 7.33. The van der Waals surface area contributed by atoms with Crippen molar-refractivity contribution in [3.8, 4) is 11.5 Å². The fourth-order valence-electron chi connectivity index (χ4n) is 2.26. The summed E-state index contributed by atoms with van der Waals surface area (Å²) in [5, 5.41) is 1.08. The second kappa shape index (κ2) is 4.71. The number of pyridine rings is 1. The Morgan fingerprint density at radius 1 is 1.05 bits per heavy atom. The molecule has 2 aromatic heterocycles. The van der Waals surface area contributed by atoms with Gasteiger partial charge in [0.25, 0.3) is 0 Å². The predicted molar refractivity (Wildman–Crippen MR) is 85.8 cm³/mol. The van der Waals surface area contributed by atoms with Crippen LogP contribution in [0.4, 0.5) is 5.69 Å². The Hall–Kier alpha value is -2.66. The van der Waals surface area contributed by atoms with Gasteiger partial charge >= 0.3 is 0 Å². The summed E-state index contributed by atoms with van der Waals surface area (Å²) in [5.74, 6) is 1.33. The van der Waals surface area contributed by atoms with Crippen LogP contribution in [0.2, 0.25) is 0 Å². The topological polar surface area (TPSA) is 61.0 Å². The molecule has 0 atom stereocenters. The normalized spacial score (nSPS) is 11.0. The number of nitrogens with two attached hydrogens (primary N) is 1. The maximum Gasteiger partial charge on any atom is 0.152 e. The van der Waals surface area contributed by atoms with Gasteiger partial charge in [0.15, 0.2) is 5.75 Å². The van der Waals surface area contributed by atoms with E-state index in [1.807, 2.05) is 42.5 Å². The second-order valence-electron chi connectivity index (χ2n) is 4.64. The first-order valence-electron chi connectivity index (χ1n) is 6.45. The van der Waals surface area contributed by atoms with Crippen LogP contribution in [-0.4, -0.2) is 9.97 Å². The number of aromatic nitrogens is 2. The molecular weight excluding hydrogens is 282 g/mol. The first kappa shape index (κ1) is 12.1. The van der Waals surface area contributed by atoms with Crippen LogP contribution in [0.3, 0.4) is 0 Å². The van der Waals surface area contributed by atoms with Gasteiger partial charge < -0.3 is 10.5 Å². The van der Waals surface area contributed by atoms with E-state index in [2.05, 4.69) is 9.97 Å². The lowest BCUT2D eigenvalue weighted by molar-refractivity contribution is 0.486. The zero-order valence-corrected chi connectivity index (χ0v) is 11.8. The Morgan fingerprint density at radius 2 is 2.00 bits per heavy atom. The van der Waals surface area contributed by atoms with Crippen molar-refractivity contribution in [1.29, 1.82) is 0 Å². The average Bonchev–Trinajstić information content (AvgIpc) is 2.99. The van der Waals surface area contributed by atoms with E-state index in [0.717, 1.165) is 21.1 Å². The van der Waals surface area contributed by atoms with E-state index in [-0.39, 0.29) is 0 Å². The summed E-state index contributed by atoms with van der Waals surface area (Å²) in [4.78, 5) is 8.60. The summed E-state index contributed by atoms with van der Waals surface area (Å²) in [6, 6.07) is 13.6. The van der Waals surface area contributed by atoms with Crippen molar-refractivity contribution in [3.05, 3.63) is 54.2 Å². The third-order valence-corrected chi connectivity index (χ3v) is 4.10. The molecule has 4 rings (SSSR count). The van der Waals surface area contributed by atoms with Crippen LogP contribution in [0.25, 0.3) is 21.1 Å². The smallest absolute Gasteiger partial charge is 0.152 e. The van der Waals surface area contributed by atoms with Gasteiger partial charge in [0.05, 0.1) is 15.7 Å². The molecule has 21 heavy (non-hydrogen) atoms. The molecule has 2 heterocycles. The molecule has 4 aromatic rings. The van der Waals surface area contributed by atoms with Crippen LogP contribution in [0.15, 0.2) is 54.2 Å². The number of nitrogen functional groups attached to an aromatic ring is 1. The van der Waals surface area contributed by atoms with Gasteiger partial charge in [-0.3, -0.25) is 4.98 Å². The summed E-state index contributed by atoms with van der Waals surface area (Å²) >= 11 is 1.56. The number of anilines is 1. The zero-order chi connectivity index (χ0) is 14.2. The molecule has 0 aliphatic heterocycles. The molecule has 0 radical (unpaired) electrons. The molecular formula is C16H11N3OS. The lowest BCUT2D eigenvalue weighted by atomic mass is 10.2. The van der Waals surface area contributed by atoms with E-state index >= 15 is 0 Å². The minimum atomic E-state index is 0.565. The van der Waals surface area contributed by atoms with Crippen molar-refractivity contribution in [2.45, 2.75) is 0 Å². The first-order chi connectivity index (χ1) is 10.3. The number of nitrogens with zero attached hydrogens (tertiary/aromatic N) is 2. The summed E-state index contributed by atoms with van der Waals surface area (Å²) in [5.41, 5.74) is 10.2. The highest BCUT2D eigenvalue weighted by atomic mass is 32.1. The maximum atomic E-state index is 6.13. The van der Waals surface area contributed by atoms with Crippen molar-refractivity contribution < 1.29 is 4.74 Å². The van der Waals surface area contributed by atoms with Gasteiger partial charge in [-0.25, -0.2) is 4.98 Å². The van der Waals surface area contributed by atoms with E-state index in [4.69, 9.17) is 10.5 Å². The summed E-state index contributed by atoms with van der Waals surface area (Å²) < 4.78 is 6.95. The molecule has 0 unspecified atom stereocenters. The molecule has 102 valence electrons. The SMILES string of the molecule is Nc1c(Oc2ccc3cccnc3c2)ccc2scnc12. The highest BCUT2D eigenvalue weighted by Crippen LogP contribution is 2.35. The molecule has 0 bridgehead atoms. The molecule has 0 saturated carbocycles. The maximum absolute atomic E-state index is 6.13. The highest BCUT2D eigenvalue weighted by Gasteiger charge is 2.09. The number of hydrogen-bond acceptors (Lipinski definition) is 5. The second-order valence-corrected chi connectivity index (χ2v) is 5.52. The molecule has 0 aliphatic carbocycles. The van der Waals surface area contributed by atoms with E-state index in [1.54, 1.807) is 23.0 Å². The van der Waals surface area contributed by atoms with Gasteiger partial charge in [-0.15, -0.1) is 11.3 Å². The monoisotopic (exact) mass is 293 g/mol. The Kier molecular flexibility index (Phi) is 2.72. The number of fused-ring (bicyclic) bond motifs is 2. The van der Waals surface area contributed by atoms with Crippen LogP contribution >= 0.6 is 11.3 Å². The van der Waals surface area contributed by atoms with Gasteiger partial charge in [0.2, 0.25) is 0 Å². The fourth-order valence-corrected chi connectivity index (χ4v) is 2.95. The van der Waals surface area contributed by atoms with Gasteiger partial charge in [-0.1, -0.05) is 6.07 Å². The summed E-state index contributed by atoms with van der Waals surface area (Å²) in [7, 11) is 0. The van der Waals surface area contributed by atoms with Gasteiger partial charge in [0.1, 0.15) is 17.0 Å². The van der Waals surface area contributed by atoms with Gasteiger partial charge in [-0.2, -0.15) is 0 Å². The molecule has 0 fully saturated rings. The Labute approximate surface area is 124 Å². The molecule has 4 nitrogen and oxygen atoms in total. The lowest BCUT2D eigenvalue weighted by Gasteiger charge is -2.09. The lowest BCUT2D eigenvalue weighted by Crippen LogP contribution is -1.93. The minimum Gasteiger partial charge on any atom is -0.455 e. The van der Waals surface area contributed by atoms with Crippen LogP contribution in [-0.2, 0) is 0 Å². The number of ether oxygens (including phenoxy) is 1. The van der Waals surface area contributed by atoms with Crippen LogP contribution in [0, 0.1) is 0 Å². The molecule has 2 aromatic carbocycles. The van der Waals surface area contributed by atoms with Crippen molar-refractivity contribution in [2.75, 3.05) is 5.73 Å². The quantitative estimate of drug-likeness (QED) is 0.562. The van der Waals surface area contributed by atoms with Crippen molar-refractivity contribution in [2.24, 2.45) is 0 Å². The molecule has 0 saturated heterocycles. The number of benzene rings is 2. The van der Waals surface area contributed by atoms with Crippen LogP contribution in [0.1, 0.15) is 0 Å². The van der Waals surface area contributed by atoms with Crippen LogP contribution < -0.4 is 10.5 Å². The highest BCUT2D eigenvalue weighted by molar-refractivity contribution is 7.16. The molecule has 0 spiro atoms. The minimum absolute atomic E-state index is 0.565. The number of hydrogen-bond donors (Lipinski definition) is 1. The molecule has 0 aliphatic rings. The van der Waals surface area contributed by atoms with Crippen molar-refractivity contribution >= 4 is 38.1 Å². The third-order valence-electron chi connectivity index (χ3n) is 3.31.